The Morgan fingerprint density at radius 1 is 1.03 bits per heavy atom. The highest BCUT2D eigenvalue weighted by molar-refractivity contribution is 7.88. The van der Waals surface area contributed by atoms with Crippen LogP contribution in [0, 0.1) is 0 Å². The largest absolute Gasteiger partial charge is 0.493 e. The monoisotopic (exact) mass is 491 g/mol. The maximum Gasteiger partial charge on any atom is 0.259 e. The van der Waals surface area contributed by atoms with Gasteiger partial charge < -0.3 is 14.0 Å². The van der Waals surface area contributed by atoms with E-state index in [1.807, 2.05) is 30.5 Å². The van der Waals surface area contributed by atoms with E-state index in [2.05, 4.69) is 4.90 Å². The predicted molar refractivity (Wildman–Crippen MR) is 132 cm³/mol. The molecule has 178 valence electrons. The maximum absolute atomic E-state index is 12.9. The molecule has 2 aromatic heterocycles. The van der Waals surface area contributed by atoms with E-state index in [1.54, 1.807) is 41.5 Å². The van der Waals surface area contributed by atoms with Gasteiger partial charge in [0.25, 0.3) is 5.56 Å². The first-order valence-electron chi connectivity index (χ1n) is 10.7. The molecular formula is C23H29N3O5S2. The van der Waals surface area contributed by atoms with Crippen LogP contribution in [0.1, 0.15) is 11.3 Å². The molecule has 10 heteroatoms. The van der Waals surface area contributed by atoms with Gasteiger partial charge in [-0.1, -0.05) is 6.07 Å². The first kappa shape index (κ1) is 23.7. The van der Waals surface area contributed by atoms with Crippen molar-refractivity contribution in [2.45, 2.75) is 13.0 Å². The molecule has 0 unspecified atom stereocenters. The third-order valence-corrected chi connectivity index (χ3v) is 8.45. The number of sulfonamides is 1. The van der Waals surface area contributed by atoms with Crippen molar-refractivity contribution in [2.75, 3.05) is 46.7 Å². The highest BCUT2D eigenvalue weighted by atomic mass is 32.2. The molecule has 0 amide bonds. The van der Waals surface area contributed by atoms with Crippen molar-refractivity contribution in [3.8, 4) is 22.6 Å². The number of fused-ring (bicyclic) bond motifs is 1. The number of thiophene rings is 1. The van der Waals surface area contributed by atoms with Gasteiger partial charge in [-0.15, -0.1) is 11.3 Å². The average molecular weight is 492 g/mol. The van der Waals surface area contributed by atoms with Crippen molar-refractivity contribution in [1.82, 2.24) is 13.8 Å². The fourth-order valence-corrected chi connectivity index (χ4v) is 6.34. The van der Waals surface area contributed by atoms with Crippen molar-refractivity contribution in [2.24, 2.45) is 7.05 Å². The number of rotatable bonds is 6. The van der Waals surface area contributed by atoms with E-state index in [1.165, 1.54) is 6.26 Å². The quantitative estimate of drug-likeness (QED) is 0.528. The van der Waals surface area contributed by atoms with Gasteiger partial charge in [0.15, 0.2) is 11.5 Å². The fraction of sp³-hybridized carbons (Fsp3) is 0.435. The van der Waals surface area contributed by atoms with Crippen LogP contribution in [0.4, 0.5) is 0 Å². The molecule has 0 radical (unpaired) electrons. The van der Waals surface area contributed by atoms with Gasteiger partial charge in [-0.05, 0) is 36.7 Å². The SMILES string of the molecule is COc1ccc(-c2cn(C)c(=O)c3cc(CN4CCCN(S(C)(=O)=O)CC4)sc23)cc1OC. The second kappa shape index (κ2) is 9.46. The first-order chi connectivity index (χ1) is 15.7. The number of nitrogens with zero attached hydrogens (tertiary/aromatic N) is 3. The molecule has 1 fully saturated rings. The van der Waals surface area contributed by atoms with Gasteiger partial charge in [0.05, 0.1) is 25.9 Å². The Bertz CT molecular complexity index is 1330. The maximum atomic E-state index is 12.9. The van der Waals surface area contributed by atoms with E-state index in [0.717, 1.165) is 33.7 Å². The molecule has 4 rings (SSSR count). The van der Waals surface area contributed by atoms with E-state index in [9.17, 15) is 13.2 Å². The van der Waals surface area contributed by atoms with Gasteiger partial charge in [0.1, 0.15) is 0 Å². The van der Waals surface area contributed by atoms with Crippen LogP contribution >= 0.6 is 11.3 Å². The Morgan fingerprint density at radius 3 is 2.48 bits per heavy atom. The summed E-state index contributed by atoms with van der Waals surface area (Å²) in [5, 5.41) is 0.692. The van der Waals surface area contributed by atoms with Gasteiger partial charge in [-0.2, -0.15) is 0 Å². The van der Waals surface area contributed by atoms with Crippen LogP contribution in [0.3, 0.4) is 0 Å². The summed E-state index contributed by atoms with van der Waals surface area (Å²) in [6.45, 7) is 3.21. The lowest BCUT2D eigenvalue weighted by atomic mass is 10.1. The number of aromatic nitrogens is 1. The summed E-state index contributed by atoms with van der Waals surface area (Å²) in [4.78, 5) is 16.2. The minimum absolute atomic E-state index is 0.0316. The van der Waals surface area contributed by atoms with E-state index in [0.29, 0.717) is 43.1 Å². The molecule has 0 aliphatic carbocycles. The minimum atomic E-state index is -3.18. The summed E-state index contributed by atoms with van der Waals surface area (Å²) >= 11 is 1.61. The summed E-state index contributed by atoms with van der Waals surface area (Å²) in [5.41, 5.74) is 1.87. The smallest absolute Gasteiger partial charge is 0.259 e. The number of hydrogen-bond acceptors (Lipinski definition) is 7. The predicted octanol–water partition coefficient (Wildman–Crippen LogP) is 2.75. The lowest BCUT2D eigenvalue weighted by Gasteiger charge is -2.19. The lowest BCUT2D eigenvalue weighted by molar-refractivity contribution is 0.281. The van der Waals surface area contributed by atoms with Crippen molar-refractivity contribution >= 4 is 31.4 Å². The molecule has 0 spiro atoms. The Hall–Kier alpha value is -2.40. The summed E-state index contributed by atoms with van der Waals surface area (Å²) in [6.07, 6.45) is 3.92. The van der Waals surface area contributed by atoms with Gasteiger partial charge in [0.2, 0.25) is 10.0 Å². The van der Waals surface area contributed by atoms with Gasteiger partial charge >= 0.3 is 0 Å². The zero-order chi connectivity index (χ0) is 23.8. The van der Waals surface area contributed by atoms with Gasteiger partial charge in [-0.25, -0.2) is 12.7 Å². The molecule has 0 saturated carbocycles. The van der Waals surface area contributed by atoms with Crippen LogP contribution in [0.2, 0.25) is 0 Å². The fourth-order valence-electron chi connectivity index (χ4n) is 4.25. The lowest BCUT2D eigenvalue weighted by Crippen LogP contribution is -2.34. The van der Waals surface area contributed by atoms with Crippen LogP contribution in [0.15, 0.2) is 35.3 Å². The zero-order valence-electron chi connectivity index (χ0n) is 19.3. The Balaban J connectivity index is 1.68. The van der Waals surface area contributed by atoms with E-state index >= 15 is 0 Å². The van der Waals surface area contributed by atoms with Crippen LogP contribution in [0.5, 0.6) is 11.5 Å². The number of hydrogen-bond donors (Lipinski definition) is 0. The second-order valence-corrected chi connectivity index (χ2v) is 11.4. The van der Waals surface area contributed by atoms with Crippen LogP contribution in [-0.2, 0) is 23.6 Å². The number of ether oxygens (including phenoxy) is 2. The first-order valence-corrected chi connectivity index (χ1v) is 13.4. The molecule has 0 bridgehead atoms. The molecule has 33 heavy (non-hydrogen) atoms. The molecule has 3 heterocycles. The number of benzene rings is 1. The topological polar surface area (TPSA) is 81.1 Å². The Morgan fingerprint density at radius 2 is 1.79 bits per heavy atom. The third kappa shape index (κ3) is 4.93. The Kier molecular flexibility index (Phi) is 6.81. The Labute approximate surface area is 198 Å². The summed E-state index contributed by atoms with van der Waals surface area (Å²) in [5.74, 6) is 1.28. The molecule has 1 saturated heterocycles. The highest BCUT2D eigenvalue weighted by Crippen LogP contribution is 2.37. The second-order valence-electron chi connectivity index (χ2n) is 8.28. The van der Waals surface area contributed by atoms with Crippen LogP contribution in [-0.4, -0.2) is 68.8 Å². The summed E-state index contributed by atoms with van der Waals surface area (Å²) in [7, 11) is 1.79. The van der Waals surface area contributed by atoms with Crippen molar-refractivity contribution in [3.05, 3.63) is 45.7 Å². The molecule has 0 atom stereocenters. The summed E-state index contributed by atoms with van der Waals surface area (Å²) < 4.78 is 38.7. The molecule has 1 aliphatic heterocycles. The number of methoxy groups -OCH3 is 2. The van der Waals surface area contributed by atoms with Gasteiger partial charge in [-0.3, -0.25) is 9.69 Å². The van der Waals surface area contributed by atoms with Crippen LogP contribution in [0.25, 0.3) is 21.2 Å². The summed E-state index contributed by atoms with van der Waals surface area (Å²) in [6, 6.07) is 7.73. The van der Waals surface area contributed by atoms with Crippen molar-refractivity contribution < 1.29 is 17.9 Å². The minimum Gasteiger partial charge on any atom is -0.493 e. The third-order valence-electron chi connectivity index (χ3n) is 5.99. The van der Waals surface area contributed by atoms with E-state index in [4.69, 9.17) is 9.47 Å². The molecule has 1 aromatic carbocycles. The van der Waals surface area contributed by atoms with E-state index in [-0.39, 0.29) is 5.56 Å². The van der Waals surface area contributed by atoms with E-state index < -0.39 is 10.0 Å². The van der Waals surface area contributed by atoms with Crippen molar-refractivity contribution in [1.29, 1.82) is 0 Å². The standard InChI is InChI=1S/C23H29N3O5S2/c1-24-15-19(16-6-7-20(30-2)21(12-16)31-3)22-18(23(24)27)13-17(32-22)14-25-8-5-9-26(11-10-25)33(4,28)29/h6-7,12-13,15H,5,8-11,14H2,1-4H3. The molecular weight excluding hydrogens is 462 g/mol. The van der Waals surface area contributed by atoms with Crippen LogP contribution < -0.4 is 15.0 Å². The zero-order valence-corrected chi connectivity index (χ0v) is 21.0. The highest BCUT2D eigenvalue weighted by Gasteiger charge is 2.22. The normalized spacial score (nSPS) is 16.1. The molecule has 1 aliphatic rings. The molecule has 3 aromatic rings. The van der Waals surface area contributed by atoms with Crippen molar-refractivity contribution in [3.63, 3.8) is 0 Å². The molecule has 8 nitrogen and oxygen atoms in total. The van der Waals surface area contributed by atoms with Gasteiger partial charge in [0, 0.05) is 54.6 Å². The average Bonchev–Trinajstić information content (AvgIpc) is 3.05. The number of aryl methyl sites for hydroxylation is 1. The number of pyridine rings is 1. The molecule has 0 N–H and O–H groups in total.